The molecular weight excluding hydrogens is 231 g/mol. The van der Waals surface area contributed by atoms with E-state index in [1.54, 1.807) is 6.07 Å². The molecule has 0 spiro atoms. The van der Waals surface area contributed by atoms with E-state index in [9.17, 15) is 4.39 Å². The fraction of sp³-hybridized carbons (Fsp3) is 0.571. The Balaban J connectivity index is 2.28. The second-order valence-corrected chi connectivity index (χ2v) is 5.06. The summed E-state index contributed by atoms with van der Waals surface area (Å²) in [4.78, 5) is 2.18. The first kappa shape index (κ1) is 13.1. The molecule has 4 heteroatoms. The molecule has 1 heterocycles. The maximum absolute atomic E-state index is 13.9. The number of ether oxygens (including phenoxy) is 1. The Morgan fingerprint density at radius 3 is 2.89 bits per heavy atom. The van der Waals surface area contributed by atoms with E-state index in [0.717, 1.165) is 25.3 Å². The molecule has 1 fully saturated rings. The zero-order chi connectivity index (χ0) is 13.1. The van der Waals surface area contributed by atoms with Crippen molar-refractivity contribution in [2.45, 2.75) is 32.9 Å². The molecule has 1 atom stereocenters. The third kappa shape index (κ3) is 2.93. The van der Waals surface area contributed by atoms with Crippen LogP contribution < -0.4 is 15.0 Å². The number of nitrogens with one attached hydrogen (secondary N) is 1. The van der Waals surface area contributed by atoms with Gasteiger partial charge in [0.1, 0.15) is 0 Å². The first-order chi connectivity index (χ1) is 8.58. The summed E-state index contributed by atoms with van der Waals surface area (Å²) >= 11 is 0. The molecule has 0 unspecified atom stereocenters. The number of benzene rings is 1. The normalized spacial score (nSPS) is 20.3. The van der Waals surface area contributed by atoms with Crippen molar-refractivity contribution in [2.75, 3.05) is 24.5 Å². The van der Waals surface area contributed by atoms with Crippen LogP contribution in [-0.2, 0) is 0 Å². The summed E-state index contributed by atoms with van der Waals surface area (Å²) < 4.78 is 19.5. The van der Waals surface area contributed by atoms with Gasteiger partial charge in [-0.25, -0.2) is 4.39 Å². The van der Waals surface area contributed by atoms with Crippen molar-refractivity contribution < 1.29 is 9.13 Å². The first-order valence-corrected chi connectivity index (χ1v) is 6.51. The Morgan fingerprint density at radius 1 is 1.44 bits per heavy atom. The molecule has 0 bridgehead atoms. The summed E-state index contributed by atoms with van der Waals surface area (Å²) in [6.45, 7) is 8.63. The molecule has 0 saturated carbocycles. The van der Waals surface area contributed by atoms with E-state index in [-0.39, 0.29) is 11.9 Å². The van der Waals surface area contributed by atoms with E-state index in [1.165, 1.54) is 6.07 Å². The van der Waals surface area contributed by atoms with E-state index in [0.29, 0.717) is 11.8 Å². The number of hydrogen-bond donors (Lipinski definition) is 1. The molecule has 0 radical (unpaired) electrons. The van der Waals surface area contributed by atoms with E-state index in [1.807, 2.05) is 19.9 Å². The summed E-state index contributed by atoms with van der Waals surface area (Å²) in [5, 5.41) is 3.38. The maximum Gasteiger partial charge on any atom is 0.178 e. The minimum absolute atomic E-state index is 0.0269. The summed E-state index contributed by atoms with van der Waals surface area (Å²) in [5.41, 5.74) is 0.858. The monoisotopic (exact) mass is 252 g/mol. The molecule has 3 nitrogen and oxygen atoms in total. The van der Waals surface area contributed by atoms with Crippen LogP contribution in [0.2, 0.25) is 0 Å². The molecule has 1 N–H and O–H groups in total. The Bertz CT molecular complexity index is 409. The van der Waals surface area contributed by atoms with Crippen LogP contribution in [0.3, 0.4) is 0 Å². The summed E-state index contributed by atoms with van der Waals surface area (Å²) in [5.74, 6) is 0.0917. The van der Waals surface area contributed by atoms with Crippen molar-refractivity contribution in [1.29, 1.82) is 0 Å². The standard InChI is InChI=1S/C14H21FN2O/c1-10(2)18-14-12(15)5-4-6-13(14)17-8-7-16-11(3)9-17/h4-6,10-11,16H,7-9H2,1-3H3/t11-/m1/s1. The highest BCUT2D eigenvalue weighted by molar-refractivity contribution is 5.59. The summed E-state index contributed by atoms with van der Waals surface area (Å²) in [6, 6.07) is 5.53. The van der Waals surface area contributed by atoms with Crippen LogP contribution in [0.15, 0.2) is 18.2 Å². The van der Waals surface area contributed by atoms with Crippen molar-refractivity contribution in [3.8, 4) is 5.75 Å². The zero-order valence-corrected chi connectivity index (χ0v) is 11.2. The molecular formula is C14H21FN2O. The van der Waals surface area contributed by atoms with Crippen LogP contribution in [0.4, 0.5) is 10.1 Å². The predicted molar refractivity (Wildman–Crippen MR) is 71.8 cm³/mol. The van der Waals surface area contributed by atoms with Crippen LogP contribution in [-0.4, -0.2) is 31.8 Å². The second kappa shape index (κ2) is 5.57. The first-order valence-electron chi connectivity index (χ1n) is 6.51. The van der Waals surface area contributed by atoms with Crippen molar-refractivity contribution in [2.24, 2.45) is 0 Å². The smallest absolute Gasteiger partial charge is 0.178 e. The van der Waals surface area contributed by atoms with Crippen LogP contribution in [0.1, 0.15) is 20.8 Å². The topological polar surface area (TPSA) is 24.5 Å². The number of nitrogens with zero attached hydrogens (tertiary/aromatic N) is 1. The van der Waals surface area contributed by atoms with E-state index >= 15 is 0 Å². The lowest BCUT2D eigenvalue weighted by molar-refractivity contribution is 0.231. The molecule has 18 heavy (non-hydrogen) atoms. The molecule has 2 rings (SSSR count). The SMILES string of the molecule is CC(C)Oc1c(F)cccc1N1CCN[C@H](C)C1. The van der Waals surface area contributed by atoms with Crippen molar-refractivity contribution in [1.82, 2.24) is 5.32 Å². The van der Waals surface area contributed by atoms with E-state index in [2.05, 4.69) is 17.1 Å². The highest BCUT2D eigenvalue weighted by atomic mass is 19.1. The summed E-state index contributed by atoms with van der Waals surface area (Å²) in [6.07, 6.45) is -0.0269. The highest BCUT2D eigenvalue weighted by Gasteiger charge is 2.21. The van der Waals surface area contributed by atoms with Gasteiger partial charge in [-0.3, -0.25) is 0 Å². The molecule has 1 saturated heterocycles. The lowest BCUT2D eigenvalue weighted by Crippen LogP contribution is -2.49. The minimum Gasteiger partial charge on any atom is -0.486 e. The Kier molecular flexibility index (Phi) is 4.07. The molecule has 1 aliphatic heterocycles. The van der Waals surface area contributed by atoms with E-state index < -0.39 is 0 Å². The fourth-order valence-corrected chi connectivity index (χ4v) is 2.25. The van der Waals surface area contributed by atoms with Gasteiger partial charge in [-0.2, -0.15) is 0 Å². The number of rotatable bonds is 3. The number of para-hydroxylation sites is 1. The Hall–Kier alpha value is -1.29. The molecule has 1 aromatic carbocycles. The van der Waals surface area contributed by atoms with Crippen LogP contribution >= 0.6 is 0 Å². The van der Waals surface area contributed by atoms with Gasteiger partial charge in [0.25, 0.3) is 0 Å². The van der Waals surface area contributed by atoms with Crippen molar-refractivity contribution in [3.05, 3.63) is 24.0 Å². The lowest BCUT2D eigenvalue weighted by Gasteiger charge is -2.34. The van der Waals surface area contributed by atoms with Gasteiger partial charge in [0.05, 0.1) is 11.8 Å². The Labute approximate surface area is 108 Å². The third-order valence-electron chi connectivity index (χ3n) is 3.01. The van der Waals surface area contributed by atoms with Gasteiger partial charge >= 0.3 is 0 Å². The lowest BCUT2D eigenvalue weighted by atomic mass is 10.2. The molecule has 0 amide bonds. The number of halogens is 1. The van der Waals surface area contributed by atoms with Crippen molar-refractivity contribution >= 4 is 5.69 Å². The third-order valence-corrected chi connectivity index (χ3v) is 3.01. The number of hydrogen-bond acceptors (Lipinski definition) is 3. The largest absolute Gasteiger partial charge is 0.486 e. The highest BCUT2D eigenvalue weighted by Crippen LogP contribution is 2.32. The molecule has 1 aromatic rings. The van der Waals surface area contributed by atoms with Crippen LogP contribution in [0.25, 0.3) is 0 Å². The van der Waals surface area contributed by atoms with Gasteiger partial charge in [0.15, 0.2) is 11.6 Å². The van der Waals surface area contributed by atoms with Gasteiger partial charge < -0.3 is 15.0 Å². The molecule has 0 aromatic heterocycles. The molecule has 0 aliphatic carbocycles. The second-order valence-electron chi connectivity index (χ2n) is 5.06. The Morgan fingerprint density at radius 2 is 2.22 bits per heavy atom. The van der Waals surface area contributed by atoms with E-state index in [4.69, 9.17) is 4.74 Å². The fourth-order valence-electron chi connectivity index (χ4n) is 2.25. The number of piperazine rings is 1. The molecule has 100 valence electrons. The van der Waals surface area contributed by atoms with Crippen LogP contribution in [0.5, 0.6) is 5.75 Å². The average molecular weight is 252 g/mol. The predicted octanol–water partition coefficient (Wildman–Crippen LogP) is 2.41. The minimum atomic E-state index is -0.285. The number of anilines is 1. The van der Waals surface area contributed by atoms with Crippen molar-refractivity contribution in [3.63, 3.8) is 0 Å². The average Bonchev–Trinajstić information content (AvgIpc) is 2.31. The van der Waals surface area contributed by atoms with Gasteiger partial charge in [-0.1, -0.05) is 6.07 Å². The van der Waals surface area contributed by atoms with Gasteiger partial charge in [0, 0.05) is 25.7 Å². The maximum atomic E-state index is 13.9. The van der Waals surface area contributed by atoms with Gasteiger partial charge in [0.2, 0.25) is 0 Å². The molecule has 1 aliphatic rings. The zero-order valence-electron chi connectivity index (χ0n) is 11.2. The van der Waals surface area contributed by atoms with Gasteiger partial charge in [-0.05, 0) is 32.9 Å². The van der Waals surface area contributed by atoms with Gasteiger partial charge in [-0.15, -0.1) is 0 Å². The quantitative estimate of drug-likeness (QED) is 0.894. The summed E-state index contributed by atoms with van der Waals surface area (Å²) in [7, 11) is 0. The van der Waals surface area contributed by atoms with Crippen LogP contribution in [0, 0.1) is 5.82 Å².